The molecule has 34 heavy (non-hydrogen) atoms. The number of rotatable bonds is 9. The van der Waals surface area contributed by atoms with Crippen LogP contribution in [-0.4, -0.2) is 53.0 Å². The summed E-state index contributed by atoms with van der Waals surface area (Å²) in [6.07, 6.45) is 4.66. The summed E-state index contributed by atoms with van der Waals surface area (Å²) >= 11 is 0. The molecule has 2 aliphatic rings. The minimum Gasteiger partial charge on any atom is -0.356 e. The first-order valence-corrected chi connectivity index (χ1v) is 12.8. The first-order chi connectivity index (χ1) is 16.6. The fraction of sp³-hybridized carbons (Fsp3) is 0.500. The molecule has 5 rings (SSSR count). The van der Waals surface area contributed by atoms with Crippen LogP contribution < -0.4 is 10.6 Å². The van der Waals surface area contributed by atoms with Gasteiger partial charge in [0.1, 0.15) is 5.82 Å². The normalized spacial score (nSPS) is 22.7. The maximum absolute atomic E-state index is 12.4. The minimum atomic E-state index is 0.148. The van der Waals surface area contributed by atoms with Crippen molar-refractivity contribution in [2.45, 2.75) is 51.6 Å². The third kappa shape index (κ3) is 5.86. The topological polar surface area (TPSA) is 73.1 Å². The van der Waals surface area contributed by atoms with Gasteiger partial charge in [-0.2, -0.15) is 0 Å². The van der Waals surface area contributed by atoms with Gasteiger partial charge in [-0.3, -0.25) is 9.69 Å². The number of aryl methyl sites for hydroxylation is 1. The van der Waals surface area contributed by atoms with Gasteiger partial charge in [0, 0.05) is 45.1 Å². The van der Waals surface area contributed by atoms with Crippen molar-refractivity contribution < 1.29 is 4.79 Å². The zero-order valence-electron chi connectivity index (χ0n) is 20.2. The van der Waals surface area contributed by atoms with E-state index in [1.54, 1.807) is 0 Å². The lowest BCUT2D eigenvalue weighted by atomic mass is 9.79. The number of H-pyrrole nitrogens is 1. The minimum absolute atomic E-state index is 0.148. The summed E-state index contributed by atoms with van der Waals surface area (Å²) in [5.74, 6) is 2.52. The van der Waals surface area contributed by atoms with Crippen molar-refractivity contribution in [1.82, 2.24) is 25.5 Å². The third-order valence-corrected chi connectivity index (χ3v) is 7.42. The molecule has 0 radical (unpaired) electrons. The number of aromatic amines is 1. The van der Waals surface area contributed by atoms with Crippen LogP contribution in [0.15, 0.2) is 48.5 Å². The van der Waals surface area contributed by atoms with Crippen LogP contribution >= 0.6 is 0 Å². The number of nitrogens with zero attached hydrogens (tertiary/aromatic N) is 2. The molecule has 0 saturated carbocycles. The number of nitrogens with one attached hydrogen (secondary N) is 3. The number of carbonyl (C=O) groups excluding carboxylic acids is 1. The number of piperidine rings is 2. The van der Waals surface area contributed by atoms with Crippen molar-refractivity contribution >= 4 is 16.9 Å². The van der Waals surface area contributed by atoms with Crippen molar-refractivity contribution in [3.8, 4) is 0 Å². The summed E-state index contributed by atoms with van der Waals surface area (Å²) in [7, 11) is 0. The second-order valence-electron chi connectivity index (χ2n) is 10.3. The number of carbonyl (C=O) groups is 1. The maximum atomic E-state index is 12.4. The summed E-state index contributed by atoms with van der Waals surface area (Å²) in [4.78, 5) is 23.0. The Morgan fingerprint density at radius 1 is 1.18 bits per heavy atom. The number of aromatic nitrogens is 2. The van der Waals surface area contributed by atoms with E-state index in [9.17, 15) is 4.79 Å². The molecule has 3 aromatic rings. The zero-order valence-corrected chi connectivity index (χ0v) is 20.2. The molecule has 3 N–H and O–H groups in total. The highest BCUT2D eigenvalue weighted by molar-refractivity contribution is 5.76. The molecule has 2 aromatic carbocycles. The molecule has 2 aliphatic heterocycles. The number of amides is 1. The fourth-order valence-corrected chi connectivity index (χ4v) is 5.77. The van der Waals surface area contributed by atoms with Gasteiger partial charge in [-0.15, -0.1) is 0 Å². The molecule has 3 heterocycles. The van der Waals surface area contributed by atoms with E-state index in [1.807, 2.05) is 6.07 Å². The first kappa shape index (κ1) is 23.1. The van der Waals surface area contributed by atoms with E-state index < -0.39 is 0 Å². The largest absolute Gasteiger partial charge is 0.356 e. The maximum Gasteiger partial charge on any atom is 0.220 e. The number of fused-ring (bicyclic) bond motifs is 3. The van der Waals surface area contributed by atoms with Crippen LogP contribution in [0.5, 0.6) is 0 Å². The smallest absolute Gasteiger partial charge is 0.220 e. The van der Waals surface area contributed by atoms with Gasteiger partial charge in [0.2, 0.25) is 5.91 Å². The molecular formula is C28H37N5O. The third-order valence-electron chi connectivity index (χ3n) is 7.42. The van der Waals surface area contributed by atoms with Crippen molar-refractivity contribution in [1.29, 1.82) is 0 Å². The van der Waals surface area contributed by atoms with Crippen LogP contribution in [0.25, 0.3) is 11.0 Å². The molecule has 0 unspecified atom stereocenters. The number of hydrogen-bond acceptors (Lipinski definition) is 4. The van der Waals surface area contributed by atoms with Gasteiger partial charge < -0.3 is 15.6 Å². The highest BCUT2D eigenvalue weighted by Crippen LogP contribution is 2.31. The van der Waals surface area contributed by atoms with Crippen LogP contribution in [-0.2, 0) is 17.8 Å². The highest BCUT2D eigenvalue weighted by atomic mass is 16.1. The van der Waals surface area contributed by atoms with Crippen molar-refractivity contribution in [2.75, 3.05) is 26.2 Å². The van der Waals surface area contributed by atoms with Gasteiger partial charge in [0.25, 0.3) is 0 Å². The van der Waals surface area contributed by atoms with E-state index in [0.717, 1.165) is 61.7 Å². The lowest BCUT2D eigenvalue weighted by Gasteiger charge is -2.46. The number of likely N-dealkylation sites (tertiary alicyclic amines) is 1. The Balaban J connectivity index is 1.02. The van der Waals surface area contributed by atoms with Gasteiger partial charge in [-0.25, -0.2) is 4.98 Å². The summed E-state index contributed by atoms with van der Waals surface area (Å²) in [5.41, 5.74) is 4.67. The van der Waals surface area contributed by atoms with Crippen LogP contribution in [0, 0.1) is 18.8 Å². The molecule has 1 amide bonds. The molecule has 2 fully saturated rings. The van der Waals surface area contributed by atoms with E-state index >= 15 is 0 Å². The van der Waals surface area contributed by atoms with E-state index in [0.29, 0.717) is 24.9 Å². The molecule has 6 nitrogen and oxygen atoms in total. The molecule has 2 saturated heterocycles. The van der Waals surface area contributed by atoms with Crippen molar-refractivity contribution in [3.63, 3.8) is 0 Å². The van der Waals surface area contributed by atoms with Gasteiger partial charge >= 0.3 is 0 Å². The average Bonchev–Trinajstić information content (AvgIpc) is 3.23. The Hall–Kier alpha value is -2.70. The second-order valence-corrected chi connectivity index (χ2v) is 10.3. The van der Waals surface area contributed by atoms with Gasteiger partial charge in [0.05, 0.1) is 11.0 Å². The molecular weight excluding hydrogens is 422 g/mol. The number of benzene rings is 2. The fourth-order valence-electron chi connectivity index (χ4n) is 5.77. The number of hydrogen-bond donors (Lipinski definition) is 3. The van der Waals surface area contributed by atoms with Gasteiger partial charge in [-0.1, -0.05) is 36.4 Å². The highest BCUT2D eigenvalue weighted by Gasteiger charge is 2.36. The molecule has 3 atom stereocenters. The molecule has 6 heteroatoms. The van der Waals surface area contributed by atoms with E-state index in [1.165, 1.54) is 24.1 Å². The Kier molecular flexibility index (Phi) is 7.26. The first-order valence-electron chi connectivity index (χ1n) is 12.8. The summed E-state index contributed by atoms with van der Waals surface area (Å²) in [5, 5.41) is 6.86. The Labute approximate surface area is 202 Å². The standard InChI is InChI=1S/C28H37N5O/c1-20-10-11-25-26(14-20)32-27(31-25)12-13-29-28(34)9-5-8-24-23-15-22(16-30-24)18-33(19-23)17-21-6-3-2-4-7-21/h2-4,6-7,10-11,14,22-24,30H,5,8-9,12-13,15-19H2,1H3,(H,29,34)(H,31,32)/t22-,23+,24+/m0/s1. The predicted molar refractivity (Wildman–Crippen MR) is 137 cm³/mol. The number of imidazole rings is 1. The summed E-state index contributed by atoms with van der Waals surface area (Å²) < 4.78 is 0. The molecule has 0 aliphatic carbocycles. The summed E-state index contributed by atoms with van der Waals surface area (Å²) in [6.45, 7) is 7.21. The monoisotopic (exact) mass is 459 g/mol. The predicted octanol–water partition coefficient (Wildman–Crippen LogP) is 3.81. The van der Waals surface area contributed by atoms with Gasteiger partial charge in [-0.05, 0) is 67.8 Å². The van der Waals surface area contributed by atoms with E-state index in [2.05, 4.69) is 74.9 Å². The Bertz CT molecular complexity index is 1090. The van der Waals surface area contributed by atoms with Gasteiger partial charge in [0.15, 0.2) is 0 Å². The quantitative estimate of drug-likeness (QED) is 0.455. The Morgan fingerprint density at radius 3 is 2.94 bits per heavy atom. The molecule has 0 spiro atoms. The SMILES string of the molecule is Cc1ccc2nc(CCNC(=O)CCC[C@H]3NC[C@@H]4C[C@@H]3CN(Cc3ccccc3)C4)[nH]c2c1. The lowest BCUT2D eigenvalue weighted by molar-refractivity contribution is -0.121. The van der Waals surface area contributed by atoms with Crippen LogP contribution in [0.3, 0.4) is 0 Å². The van der Waals surface area contributed by atoms with Crippen LogP contribution in [0.1, 0.15) is 42.6 Å². The summed E-state index contributed by atoms with van der Waals surface area (Å²) in [6, 6.07) is 17.6. The van der Waals surface area contributed by atoms with Crippen LogP contribution in [0.2, 0.25) is 0 Å². The van der Waals surface area contributed by atoms with Crippen molar-refractivity contribution in [3.05, 3.63) is 65.5 Å². The molecule has 1 aromatic heterocycles. The van der Waals surface area contributed by atoms with E-state index in [4.69, 9.17) is 0 Å². The Morgan fingerprint density at radius 2 is 2.06 bits per heavy atom. The van der Waals surface area contributed by atoms with E-state index in [-0.39, 0.29) is 5.91 Å². The molecule has 2 bridgehead atoms. The van der Waals surface area contributed by atoms with Crippen LogP contribution in [0.4, 0.5) is 0 Å². The van der Waals surface area contributed by atoms with Crippen molar-refractivity contribution in [2.24, 2.45) is 11.8 Å². The molecule has 180 valence electrons. The zero-order chi connectivity index (χ0) is 23.3. The second kappa shape index (κ2) is 10.7. The average molecular weight is 460 g/mol. The lowest BCUT2D eigenvalue weighted by Crippen LogP contribution is -2.55.